The average Bonchev–Trinajstić information content (AvgIpc) is 2.82. The maximum absolute atomic E-state index is 12.2. The molecule has 7 heteroatoms. The van der Waals surface area contributed by atoms with Crippen molar-refractivity contribution in [3.8, 4) is 17.2 Å². The van der Waals surface area contributed by atoms with Crippen molar-refractivity contribution < 1.29 is 28.6 Å². The fourth-order valence-electron chi connectivity index (χ4n) is 2.70. The van der Waals surface area contributed by atoms with Crippen molar-refractivity contribution in [3.63, 3.8) is 0 Å². The van der Waals surface area contributed by atoms with Crippen molar-refractivity contribution in [1.82, 2.24) is 5.32 Å². The zero-order valence-corrected chi connectivity index (χ0v) is 16.9. The fraction of sp³-hybridized carbons (Fsp3) is 0.125. The Morgan fingerprint density at radius 3 is 2.16 bits per heavy atom. The van der Waals surface area contributed by atoms with E-state index in [1.54, 1.807) is 48.5 Å². The number of nitrogens with one attached hydrogen (secondary N) is 1. The largest absolute Gasteiger partial charge is 0.496 e. The maximum Gasteiger partial charge on any atom is 0.325 e. The van der Waals surface area contributed by atoms with Crippen LogP contribution in [0.25, 0.3) is 0 Å². The third kappa shape index (κ3) is 6.17. The molecule has 0 bridgehead atoms. The summed E-state index contributed by atoms with van der Waals surface area (Å²) in [5, 5.41) is 2.46. The Bertz CT molecular complexity index is 1050. The summed E-state index contributed by atoms with van der Waals surface area (Å²) in [4.78, 5) is 36.3. The predicted molar refractivity (Wildman–Crippen MR) is 114 cm³/mol. The van der Waals surface area contributed by atoms with Gasteiger partial charge in [0.15, 0.2) is 6.61 Å². The van der Waals surface area contributed by atoms with E-state index in [4.69, 9.17) is 14.2 Å². The van der Waals surface area contributed by atoms with Gasteiger partial charge in [-0.2, -0.15) is 0 Å². The first kappa shape index (κ1) is 21.6. The summed E-state index contributed by atoms with van der Waals surface area (Å²) in [7, 11) is 1.45. The molecule has 0 aromatic heterocycles. The van der Waals surface area contributed by atoms with E-state index in [-0.39, 0.29) is 6.54 Å². The molecule has 0 fully saturated rings. The highest BCUT2D eigenvalue weighted by molar-refractivity contribution is 6.00. The van der Waals surface area contributed by atoms with Crippen LogP contribution in [-0.2, 0) is 9.53 Å². The van der Waals surface area contributed by atoms with Crippen LogP contribution in [0, 0.1) is 0 Å². The Labute approximate surface area is 179 Å². The summed E-state index contributed by atoms with van der Waals surface area (Å²) >= 11 is 0. The van der Waals surface area contributed by atoms with Crippen LogP contribution >= 0.6 is 0 Å². The number of hydrogen-bond acceptors (Lipinski definition) is 6. The Kier molecular flexibility index (Phi) is 7.37. The monoisotopic (exact) mass is 419 g/mol. The predicted octanol–water partition coefficient (Wildman–Crippen LogP) is 3.64. The molecular formula is C24H21NO6. The first-order chi connectivity index (χ1) is 15.1. The number of benzene rings is 3. The van der Waals surface area contributed by atoms with Gasteiger partial charge in [0.05, 0.1) is 12.7 Å². The van der Waals surface area contributed by atoms with Crippen LogP contribution in [0.5, 0.6) is 17.2 Å². The van der Waals surface area contributed by atoms with Gasteiger partial charge in [0.2, 0.25) is 5.78 Å². The molecule has 31 heavy (non-hydrogen) atoms. The van der Waals surface area contributed by atoms with E-state index in [1.165, 1.54) is 7.11 Å². The Morgan fingerprint density at radius 1 is 0.806 bits per heavy atom. The van der Waals surface area contributed by atoms with Gasteiger partial charge in [-0.15, -0.1) is 0 Å². The first-order valence-electron chi connectivity index (χ1n) is 9.50. The minimum Gasteiger partial charge on any atom is -0.496 e. The quantitative estimate of drug-likeness (QED) is 0.421. The second-order valence-electron chi connectivity index (χ2n) is 6.41. The Balaban J connectivity index is 1.45. The van der Waals surface area contributed by atoms with E-state index < -0.39 is 24.3 Å². The average molecular weight is 419 g/mol. The number of amides is 1. The second-order valence-corrected chi connectivity index (χ2v) is 6.41. The first-order valence-corrected chi connectivity index (χ1v) is 9.50. The Hall–Kier alpha value is -4.13. The number of para-hydroxylation sites is 2. The lowest BCUT2D eigenvalue weighted by atomic mass is 10.1. The van der Waals surface area contributed by atoms with Crippen LogP contribution in [0.4, 0.5) is 0 Å². The zero-order chi connectivity index (χ0) is 22.1. The zero-order valence-electron chi connectivity index (χ0n) is 16.9. The highest BCUT2D eigenvalue weighted by atomic mass is 16.5. The molecule has 3 rings (SSSR count). The van der Waals surface area contributed by atoms with Crippen molar-refractivity contribution in [2.45, 2.75) is 0 Å². The van der Waals surface area contributed by atoms with Crippen LogP contribution < -0.4 is 14.8 Å². The van der Waals surface area contributed by atoms with Crippen molar-refractivity contribution in [1.29, 1.82) is 0 Å². The lowest BCUT2D eigenvalue weighted by Gasteiger charge is -2.09. The Morgan fingerprint density at radius 2 is 1.45 bits per heavy atom. The molecule has 0 unspecified atom stereocenters. The van der Waals surface area contributed by atoms with Crippen LogP contribution in [-0.4, -0.2) is 37.9 Å². The highest BCUT2D eigenvalue weighted by Gasteiger charge is 2.15. The maximum atomic E-state index is 12.2. The molecule has 3 aromatic carbocycles. The number of methoxy groups -OCH3 is 1. The van der Waals surface area contributed by atoms with Gasteiger partial charge in [-0.3, -0.25) is 14.4 Å². The van der Waals surface area contributed by atoms with E-state index in [1.807, 2.05) is 30.3 Å². The van der Waals surface area contributed by atoms with E-state index >= 15 is 0 Å². The van der Waals surface area contributed by atoms with Crippen molar-refractivity contribution in [3.05, 3.63) is 90.0 Å². The molecule has 0 radical (unpaired) electrons. The third-order valence-corrected chi connectivity index (χ3v) is 4.26. The van der Waals surface area contributed by atoms with Crippen LogP contribution in [0.3, 0.4) is 0 Å². The highest BCUT2D eigenvalue weighted by Crippen LogP contribution is 2.21. The molecule has 0 aliphatic heterocycles. The van der Waals surface area contributed by atoms with E-state index in [0.717, 1.165) is 0 Å². The normalized spacial score (nSPS) is 10.1. The molecule has 7 nitrogen and oxygen atoms in total. The van der Waals surface area contributed by atoms with E-state index in [2.05, 4.69) is 5.32 Å². The number of esters is 1. The number of ether oxygens (including phenoxy) is 3. The van der Waals surface area contributed by atoms with Gasteiger partial charge in [0.1, 0.15) is 23.8 Å². The number of rotatable bonds is 9. The summed E-state index contributed by atoms with van der Waals surface area (Å²) in [5.74, 6) is 0.102. The van der Waals surface area contributed by atoms with Gasteiger partial charge in [-0.25, -0.2) is 0 Å². The molecule has 0 atom stereocenters. The molecule has 0 aliphatic carbocycles. The number of ketones is 1. The topological polar surface area (TPSA) is 90.9 Å². The lowest BCUT2D eigenvalue weighted by molar-refractivity contribution is -0.141. The fourth-order valence-corrected chi connectivity index (χ4v) is 2.70. The minimum absolute atomic E-state index is 0.319. The lowest BCUT2D eigenvalue weighted by Crippen LogP contribution is -2.31. The number of hydrogen-bond donors (Lipinski definition) is 1. The van der Waals surface area contributed by atoms with Gasteiger partial charge in [0, 0.05) is 5.56 Å². The summed E-state index contributed by atoms with van der Waals surface area (Å²) in [6.45, 7) is -0.805. The van der Waals surface area contributed by atoms with Crippen LogP contribution in [0.15, 0.2) is 78.9 Å². The van der Waals surface area contributed by atoms with Crippen LogP contribution in [0.2, 0.25) is 0 Å². The summed E-state index contributed by atoms with van der Waals surface area (Å²) < 4.78 is 15.7. The molecule has 0 saturated carbocycles. The SMILES string of the molecule is COc1ccccc1C(=O)COC(=O)CNC(=O)c1ccc(Oc2ccccc2)cc1. The summed E-state index contributed by atoms with van der Waals surface area (Å²) in [6, 6.07) is 22.4. The second kappa shape index (κ2) is 10.6. The molecule has 1 amide bonds. The molecule has 0 saturated heterocycles. The molecule has 0 heterocycles. The number of Topliss-reactive ketones (excluding diaryl/α,β-unsaturated/α-hetero) is 1. The molecule has 0 spiro atoms. The molecule has 1 N–H and O–H groups in total. The van der Waals surface area contributed by atoms with Gasteiger partial charge < -0.3 is 19.5 Å². The van der Waals surface area contributed by atoms with Gasteiger partial charge in [-0.05, 0) is 48.5 Å². The van der Waals surface area contributed by atoms with Gasteiger partial charge in [0.25, 0.3) is 5.91 Å². The van der Waals surface area contributed by atoms with Gasteiger partial charge >= 0.3 is 5.97 Å². The minimum atomic E-state index is -0.722. The van der Waals surface area contributed by atoms with E-state index in [9.17, 15) is 14.4 Å². The van der Waals surface area contributed by atoms with Gasteiger partial charge in [-0.1, -0.05) is 30.3 Å². The molecule has 158 valence electrons. The number of carbonyl (C=O) groups is 3. The summed E-state index contributed by atoms with van der Waals surface area (Å²) in [6.07, 6.45) is 0. The van der Waals surface area contributed by atoms with Crippen molar-refractivity contribution in [2.24, 2.45) is 0 Å². The van der Waals surface area contributed by atoms with Crippen LogP contribution in [0.1, 0.15) is 20.7 Å². The molecular weight excluding hydrogens is 398 g/mol. The van der Waals surface area contributed by atoms with E-state index in [0.29, 0.717) is 28.4 Å². The van der Waals surface area contributed by atoms with Crippen molar-refractivity contribution in [2.75, 3.05) is 20.3 Å². The van der Waals surface area contributed by atoms with Crippen molar-refractivity contribution >= 4 is 17.7 Å². The standard InChI is InChI=1S/C24H21NO6/c1-29-22-10-6-5-9-20(22)21(26)16-30-23(27)15-25-24(28)17-11-13-19(14-12-17)31-18-7-3-2-4-8-18/h2-14H,15-16H2,1H3,(H,25,28). The smallest absolute Gasteiger partial charge is 0.325 e. The third-order valence-electron chi connectivity index (χ3n) is 4.26. The number of carbonyl (C=O) groups excluding carboxylic acids is 3. The summed E-state index contributed by atoms with van der Waals surface area (Å²) in [5.41, 5.74) is 0.679. The molecule has 0 aliphatic rings. The molecule has 3 aromatic rings.